The van der Waals surface area contributed by atoms with Crippen molar-refractivity contribution in [2.24, 2.45) is 11.8 Å². The SMILES string of the molecule is CCOC(=O)C(Cc1noc([C@H](CCCC2CCCCC2)CC(=O)OC(C)(C)C)n1)C(=O)O. The maximum Gasteiger partial charge on any atom is 0.320 e. The molecule has 1 aromatic rings. The van der Waals surface area contributed by atoms with E-state index >= 15 is 0 Å². The molecule has 186 valence electrons. The predicted octanol–water partition coefficient (Wildman–Crippen LogP) is 4.44. The average Bonchev–Trinajstić information content (AvgIpc) is 3.19. The molecule has 2 rings (SSSR count). The molecule has 1 fully saturated rings. The highest BCUT2D eigenvalue weighted by Gasteiger charge is 2.31. The van der Waals surface area contributed by atoms with Crippen molar-refractivity contribution in [3.05, 3.63) is 11.7 Å². The highest BCUT2D eigenvalue weighted by Crippen LogP contribution is 2.31. The Morgan fingerprint density at radius 1 is 1.18 bits per heavy atom. The third-order valence-corrected chi connectivity index (χ3v) is 5.81. The molecule has 9 nitrogen and oxygen atoms in total. The molecule has 33 heavy (non-hydrogen) atoms. The number of carboxylic acids is 1. The zero-order chi connectivity index (χ0) is 24.4. The van der Waals surface area contributed by atoms with Gasteiger partial charge >= 0.3 is 17.9 Å². The molecule has 9 heteroatoms. The Hall–Kier alpha value is -2.45. The molecule has 1 aliphatic rings. The van der Waals surface area contributed by atoms with Crippen LogP contribution in [0, 0.1) is 11.8 Å². The molecule has 1 saturated carbocycles. The van der Waals surface area contributed by atoms with E-state index in [2.05, 4.69) is 10.1 Å². The smallest absolute Gasteiger partial charge is 0.320 e. The number of esters is 2. The Bertz CT molecular complexity index is 778. The number of aliphatic carboxylic acids is 1. The Labute approximate surface area is 195 Å². The number of aromatic nitrogens is 2. The maximum atomic E-state index is 12.5. The van der Waals surface area contributed by atoms with Gasteiger partial charge in [0.15, 0.2) is 11.7 Å². The van der Waals surface area contributed by atoms with Crippen molar-refractivity contribution in [3.63, 3.8) is 0 Å². The minimum absolute atomic E-state index is 0.0824. The Balaban J connectivity index is 2.07. The number of rotatable bonds is 12. The molecule has 0 spiro atoms. The second-order valence-corrected chi connectivity index (χ2v) is 9.82. The fraction of sp³-hybridized carbons (Fsp3) is 0.792. The van der Waals surface area contributed by atoms with E-state index in [4.69, 9.17) is 14.0 Å². The number of carbonyl (C=O) groups excluding carboxylic acids is 2. The number of carbonyl (C=O) groups is 3. The lowest BCUT2D eigenvalue weighted by molar-refractivity contribution is -0.158. The van der Waals surface area contributed by atoms with Crippen LogP contribution in [0.5, 0.6) is 0 Å². The number of hydrogen-bond acceptors (Lipinski definition) is 8. The molecule has 0 saturated heterocycles. The van der Waals surface area contributed by atoms with Crippen LogP contribution in [0.4, 0.5) is 0 Å². The van der Waals surface area contributed by atoms with Crippen LogP contribution in [0.1, 0.15) is 103 Å². The van der Waals surface area contributed by atoms with Crippen molar-refractivity contribution in [3.8, 4) is 0 Å². The van der Waals surface area contributed by atoms with Crippen LogP contribution >= 0.6 is 0 Å². The second-order valence-electron chi connectivity index (χ2n) is 9.82. The summed E-state index contributed by atoms with van der Waals surface area (Å²) in [4.78, 5) is 40.3. The van der Waals surface area contributed by atoms with Crippen LogP contribution in [0.2, 0.25) is 0 Å². The van der Waals surface area contributed by atoms with Crippen molar-refractivity contribution in [2.75, 3.05) is 6.61 Å². The third kappa shape index (κ3) is 9.52. The molecule has 1 heterocycles. The monoisotopic (exact) mass is 466 g/mol. The molecular formula is C24H38N2O7. The fourth-order valence-electron chi connectivity index (χ4n) is 4.24. The molecule has 2 atom stereocenters. The molecule has 0 radical (unpaired) electrons. The van der Waals surface area contributed by atoms with E-state index in [1.165, 1.54) is 32.1 Å². The van der Waals surface area contributed by atoms with Gasteiger partial charge in [0.2, 0.25) is 5.89 Å². The van der Waals surface area contributed by atoms with E-state index in [1.54, 1.807) is 6.92 Å². The van der Waals surface area contributed by atoms with Crippen LogP contribution in [-0.2, 0) is 30.3 Å². The first-order valence-corrected chi connectivity index (χ1v) is 12.0. The summed E-state index contributed by atoms with van der Waals surface area (Å²) >= 11 is 0. The summed E-state index contributed by atoms with van der Waals surface area (Å²) in [6, 6.07) is 0. The molecular weight excluding hydrogens is 428 g/mol. The van der Waals surface area contributed by atoms with Crippen molar-refractivity contribution in [2.45, 2.75) is 103 Å². The van der Waals surface area contributed by atoms with Gasteiger partial charge in [-0.25, -0.2) is 0 Å². The van der Waals surface area contributed by atoms with Gasteiger partial charge in [0.1, 0.15) is 5.60 Å². The van der Waals surface area contributed by atoms with Gasteiger partial charge < -0.3 is 19.1 Å². The zero-order valence-electron chi connectivity index (χ0n) is 20.3. The van der Waals surface area contributed by atoms with Gasteiger partial charge in [-0.1, -0.05) is 50.1 Å². The van der Waals surface area contributed by atoms with E-state index in [1.807, 2.05) is 20.8 Å². The van der Waals surface area contributed by atoms with Crippen LogP contribution in [0.15, 0.2) is 4.52 Å². The Morgan fingerprint density at radius 3 is 2.48 bits per heavy atom. The van der Waals surface area contributed by atoms with E-state index in [9.17, 15) is 19.5 Å². The van der Waals surface area contributed by atoms with E-state index in [0.29, 0.717) is 6.42 Å². The van der Waals surface area contributed by atoms with Crippen LogP contribution in [0.3, 0.4) is 0 Å². The maximum absolute atomic E-state index is 12.5. The topological polar surface area (TPSA) is 129 Å². The standard InChI is InChI=1S/C24H38N2O7/c1-5-31-23(30)18(22(28)29)15-19-25-21(33-26-19)17(14-20(27)32-24(2,3)4)13-9-12-16-10-7-6-8-11-16/h16-18H,5-15H2,1-4H3,(H,28,29)/t17-,18?/m1/s1. The summed E-state index contributed by atoms with van der Waals surface area (Å²) in [6.07, 6.45) is 8.96. The van der Waals surface area contributed by atoms with Gasteiger partial charge in [-0.2, -0.15) is 4.98 Å². The van der Waals surface area contributed by atoms with E-state index in [0.717, 1.165) is 18.8 Å². The third-order valence-electron chi connectivity index (χ3n) is 5.81. The van der Waals surface area contributed by atoms with Crippen LogP contribution in [-0.4, -0.2) is 45.4 Å². The van der Waals surface area contributed by atoms with Gasteiger partial charge in [-0.3, -0.25) is 14.4 Å². The molecule has 0 amide bonds. The van der Waals surface area contributed by atoms with Crippen molar-refractivity contribution in [1.82, 2.24) is 10.1 Å². The summed E-state index contributed by atoms with van der Waals surface area (Å²) in [7, 11) is 0. The zero-order valence-corrected chi connectivity index (χ0v) is 20.3. The van der Waals surface area contributed by atoms with E-state index in [-0.39, 0.29) is 43.1 Å². The summed E-state index contributed by atoms with van der Waals surface area (Å²) in [5.74, 6) is -3.13. The highest BCUT2D eigenvalue weighted by atomic mass is 16.6. The fourth-order valence-corrected chi connectivity index (χ4v) is 4.24. The second kappa shape index (κ2) is 12.7. The first kappa shape index (κ1) is 26.8. The summed E-state index contributed by atoms with van der Waals surface area (Å²) in [5, 5.41) is 13.2. The molecule has 0 bridgehead atoms. The van der Waals surface area contributed by atoms with E-state index < -0.39 is 23.5 Å². The molecule has 1 aromatic heterocycles. The summed E-state index contributed by atoms with van der Waals surface area (Å²) in [6.45, 7) is 7.14. The number of nitrogens with zero attached hydrogens (tertiary/aromatic N) is 2. The number of carboxylic acid groups (broad SMARTS) is 1. The normalized spacial score (nSPS) is 16.7. The summed E-state index contributed by atoms with van der Waals surface area (Å²) in [5.41, 5.74) is -0.599. The molecule has 1 unspecified atom stereocenters. The van der Waals surface area contributed by atoms with Crippen molar-refractivity contribution >= 4 is 17.9 Å². The Morgan fingerprint density at radius 2 is 1.88 bits per heavy atom. The molecule has 0 aromatic carbocycles. The number of ether oxygens (including phenoxy) is 2. The highest BCUT2D eigenvalue weighted by molar-refractivity contribution is 5.94. The van der Waals surface area contributed by atoms with Gasteiger partial charge in [-0.15, -0.1) is 0 Å². The lowest BCUT2D eigenvalue weighted by atomic mass is 9.84. The first-order chi connectivity index (χ1) is 15.6. The largest absolute Gasteiger partial charge is 0.481 e. The summed E-state index contributed by atoms with van der Waals surface area (Å²) < 4.78 is 15.7. The minimum Gasteiger partial charge on any atom is -0.481 e. The van der Waals surface area contributed by atoms with Crippen molar-refractivity contribution < 1.29 is 33.5 Å². The van der Waals surface area contributed by atoms with Crippen LogP contribution in [0.25, 0.3) is 0 Å². The molecule has 0 aliphatic heterocycles. The van der Waals surface area contributed by atoms with Gasteiger partial charge in [-0.05, 0) is 40.0 Å². The number of hydrogen-bond donors (Lipinski definition) is 1. The van der Waals surface area contributed by atoms with Crippen molar-refractivity contribution in [1.29, 1.82) is 0 Å². The quantitative estimate of drug-likeness (QED) is 0.351. The predicted molar refractivity (Wildman–Crippen MR) is 119 cm³/mol. The Kier molecular flexibility index (Phi) is 10.3. The first-order valence-electron chi connectivity index (χ1n) is 12.0. The van der Waals surface area contributed by atoms with Gasteiger partial charge in [0, 0.05) is 12.3 Å². The minimum atomic E-state index is -1.41. The van der Waals surface area contributed by atoms with Crippen LogP contribution < -0.4 is 0 Å². The molecule has 1 N–H and O–H groups in total. The van der Waals surface area contributed by atoms with Gasteiger partial charge in [0.05, 0.1) is 13.0 Å². The lowest BCUT2D eigenvalue weighted by Crippen LogP contribution is -2.28. The lowest BCUT2D eigenvalue weighted by Gasteiger charge is -2.23. The average molecular weight is 467 g/mol. The molecule has 1 aliphatic carbocycles. The van der Waals surface area contributed by atoms with Gasteiger partial charge in [0.25, 0.3) is 0 Å².